The van der Waals surface area contributed by atoms with E-state index in [2.05, 4.69) is 19.7 Å². The van der Waals surface area contributed by atoms with E-state index < -0.39 is 17.9 Å². The highest BCUT2D eigenvalue weighted by Crippen LogP contribution is 2.32. The van der Waals surface area contributed by atoms with Crippen LogP contribution in [-0.2, 0) is 35.0 Å². The molecule has 0 spiro atoms. The van der Waals surface area contributed by atoms with Gasteiger partial charge >= 0.3 is 17.9 Å². The third-order valence-corrected chi connectivity index (χ3v) is 6.41. The van der Waals surface area contributed by atoms with Crippen LogP contribution < -0.4 is 0 Å². The molecule has 0 saturated carbocycles. The van der Waals surface area contributed by atoms with Gasteiger partial charge in [0, 0.05) is 34.6 Å². The third-order valence-electron chi connectivity index (χ3n) is 6.41. The van der Waals surface area contributed by atoms with Gasteiger partial charge in [-0.2, -0.15) is 0 Å². The van der Waals surface area contributed by atoms with Gasteiger partial charge in [-0.15, -0.1) is 0 Å². The quantitative estimate of drug-likeness (QED) is 0.158. The van der Waals surface area contributed by atoms with Crippen LogP contribution >= 0.6 is 0 Å². The summed E-state index contributed by atoms with van der Waals surface area (Å²) in [5.41, 5.74) is 4.73. The predicted octanol–water partition coefficient (Wildman–Crippen LogP) is 7.07. The van der Waals surface area contributed by atoms with Crippen molar-refractivity contribution in [1.82, 2.24) is 0 Å². The molecule has 0 N–H and O–H groups in total. The SMILES string of the molecule is C=C(C)C(=O)OCC(COC(=O)C(=C)C)Cc1ccc(-c2ccc(C3=CC=C(OC(=O)C(=C)C)CC3)c(F)c2)cc1. The van der Waals surface area contributed by atoms with Gasteiger partial charge in [0.1, 0.15) is 11.6 Å². The van der Waals surface area contributed by atoms with Crippen LogP contribution in [0.1, 0.15) is 44.7 Å². The Labute approximate surface area is 240 Å². The summed E-state index contributed by atoms with van der Waals surface area (Å²) in [5.74, 6) is -1.56. The smallest absolute Gasteiger partial charge is 0.338 e. The number of esters is 3. The number of benzene rings is 2. The Kier molecular flexibility index (Phi) is 10.8. The van der Waals surface area contributed by atoms with Crippen molar-refractivity contribution in [3.63, 3.8) is 0 Å². The molecule has 7 heteroatoms. The standard InChI is InChI=1S/C34H35FO6/c1-21(2)32(36)39-19-25(20-40-33(37)22(3)4)17-24-7-9-26(10-8-24)28-13-16-30(31(35)18-28)27-11-14-29(15-12-27)41-34(38)23(5)6/h7-11,13-14,16,18,25H,1,3,5,12,15,17,19-20H2,2,4,6H3. The predicted molar refractivity (Wildman–Crippen MR) is 157 cm³/mol. The first-order valence-corrected chi connectivity index (χ1v) is 13.3. The first-order chi connectivity index (χ1) is 19.4. The lowest BCUT2D eigenvalue weighted by atomic mass is 9.93. The molecule has 2 aromatic carbocycles. The second kappa shape index (κ2) is 14.2. The van der Waals surface area contributed by atoms with Crippen LogP contribution in [0.25, 0.3) is 16.7 Å². The molecule has 0 atom stereocenters. The van der Waals surface area contributed by atoms with E-state index >= 15 is 4.39 Å². The fourth-order valence-electron chi connectivity index (χ4n) is 4.05. The average molecular weight is 559 g/mol. The zero-order chi connectivity index (χ0) is 30.1. The number of hydrogen-bond donors (Lipinski definition) is 0. The van der Waals surface area contributed by atoms with E-state index in [1.54, 1.807) is 39.0 Å². The van der Waals surface area contributed by atoms with Crippen molar-refractivity contribution in [3.05, 3.63) is 114 Å². The van der Waals surface area contributed by atoms with Crippen LogP contribution in [-0.4, -0.2) is 31.1 Å². The lowest BCUT2D eigenvalue weighted by Crippen LogP contribution is -2.23. The first kappa shape index (κ1) is 31.0. The van der Waals surface area contributed by atoms with Crippen molar-refractivity contribution in [1.29, 1.82) is 0 Å². The maximum absolute atomic E-state index is 15.1. The number of hydrogen-bond acceptors (Lipinski definition) is 6. The summed E-state index contributed by atoms with van der Waals surface area (Å²) in [6.07, 6.45) is 5.00. The van der Waals surface area contributed by atoms with Crippen molar-refractivity contribution in [2.24, 2.45) is 5.92 Å². The third kappa shape index (κ3) is 9.00. The number of carbonyl (C=O) groups is 3. The highest BCUT2D eigenvalue weighted by atomic mass is 19.1. The van der Waals surface area contributed by atoms with Crippen LogP contribution in [0.2, 0.25) is 0 Å². The summed E-state index contributed by atoms with van der Waals surface area (Å²) in [6, 6.07) is 12.7. The first-order valence-electron chi connectivity index (χ1n) is 13.3. The second-order valence-corrected chi connectivity index (χ2v) is 10.2. The van der Waals surface area contributed by atoms with Crippen molar-refractivity contribution in [2.45, 2.75) is 40.0 Å². The van der Waals surface area contributed by atoms with Crippen LogP contribution in [0.3, 0.4) is 0 Å². The van der Waals surface area contributed by atoms with E-state index in [9.17, 15) is 14.4 Å². The normalized spacial score (nSPS) is 12.6. The molecule has 1 aliphatic carbocycles. The van der Waals surface area contributed by atoms with E-state index in [4.69, 9.17) is 14.2 Å². The Balaban J connectivity index is 1.69. The molecular formula is C34H35FO6. The molecule has 0 radical (unpaired) electrons. The topological polar surface area (TPSA) is 78.9 Å². The summed E-state index contributed by atoms with van der Waals surface area (Å²) in [4.78, 5) is 35.5. The van der Waals surface area contributed by atoms with Crippen molar-refractivity contribution in [2.75, 3.05) is 13.2 Å². The van der Waals surface area contributed by atoms with E-state index in [1.165, 1.54) is 6.07 Å². The number of ether oxygens (including phenoxy) is 3. The number of carbonyl (C=O) groups excluding carboxylic acids is 3. The molecule has 0 fully saturated rings. The average Bonchev–Trinajstić information content (AvgIpc) is 2.94. The molecule has 0 aromatic heterocycles. The van der Waals surface area contributed by atoms with Gasteiger partial charge in [-0.3, -0.25) is 0 Å². The Morgan fingerprint density at radius 2 is 1.34 bits per heavy atom. The molecular weight excluding hydrogens is 523 g/mol. The van der Waals surface area contributed by atoms with Crippen LogP contribution in [0.4, 0.5) is 4.39 Å². The summed E-state index contributed by atoms with van der Waals surface area (Å²) in [7, 11) is 0. The molecule has 0 unspecified atom stereocenters. The zero-order valence-corrected chi connectivity index (χ0v) is 23.8. The maximum Gasteiger partial charge on any atom is 0.338 e. The molecule has 0 aliphatic heterocycles. The Morgan fingerprint density at radius 1 is 0.780 bits per heavy atom. The summed E-state index contributed by atoms with van der Waals surface area (Å²) >= 11 is 0. The lowest BCUT2D eigenvalue weighted by molar-refractivity contribution is -0.144. The Bertz CT molecular complexity index is 1400. The minimum absolute atomic E-state index is 0.0620. The molecule has 0 heterocycles. The van der Waals surface area contributed by atoms with Gasteiger partial charge in [0.15, 0.2) is 0 Å². The second-order valence-electron chi connectivity index (χ2n) is 10.2. The fraction of sp³-hybridized carbons (Fsp3) is 0.265. The van der Waals surface area contributed by atoms with Gasteiger partial charge in [-0.25, -0.2) is 18.8 Å². The zero-order valence-electron chi connectivity index (χ0n) is 23.8. The van der Waals surface area contributed by atoms with Crippen molar-refractivity contribution < 1.29 is 33.0 Å². The highest BCUT2D eigenvalue weighted by Gasteiger charge is 2.18. The minimum Gasteiger partial charge on any atom is -0.462 e. The van der Waals surface area contributed by atoms with Crippen molar-refractivity contribution in [3.8, 4) is 11.1 Å². The van der Waals surface area contributed by atoms with E-state index in [0.29, 0.717) is 36.2 Å². The van der Waals surface area contributed by atoms with Gasteiger partial charge in [0.25, 0.3) is 0 Å². The van der Waals surface area contributed by atoms with Gasteiger partial charge < -0.3 is 14.2 Å². The Morgan fingerprint density at radius 3 is 1.83 bits per heavy atom. The van der Waals surface area contributed by atoms with Gasteiger partial charge in [-0.05, 0) is 68.0 Å². The lowest BCUT2D eigenvalue weighted by Gasteiger charge is -2.18. The van der Waals surface area contributed by atoms with Crippen molar-refractivity contribution >= 4 is 23.5 Å². The molecule has 41 heavy (non-hydrogen) atoms. The number of rotatable bonds is 12. The maximum atomic E-state index is 15.1. The monoisotopic (exact) mass is 558 g/mol. The number of halogens is 1. The number of allylic oxidation sites excluding steroid dienone is 4. The minimum atomic E-state index is -0.506. The molecule has 3 rings (SSSR count). The van der Waals surface area contributed by atoms with Crippen LogP contribution in [0, 0.1) is 11.7 Å². The van der Waals surface area contributed by atoms with Gasteiger partial charge in [0.05, 0.1) is 13.2 Å². The Hall–Kier alpha value is -4.52. The molecule has 2 aromatic rings. The summed E-state index contributed by atoms with van der Waals surface area (Å²) in [5, 5.41) is 0. The summed E-state index contributed by atoms with van der Waals surface area (Å²) < 4.78 is 31.0. The molecule has 0 amide bonds. The molecule has 6 nitrogen and oxygen atoms in total. The van der Waals surface area contributed by atoms with Gasteiger partial charge in [-0.1, -0.05) is 62.2 Å². The van der Waals surface area contributed by atoms with E-state index in [-0.39, 0.29) is 36.1 Å². The summed E-state index contributed by atoms with van der Waals surface area (Å²) in [6.45, 7) is 15.6. The van der Waals surface area contributed by atoms with E-state index in [0.717, 1.165) is 22.3 Å². The van der Waals surface area contributed by atoms with Crippen LogP contribution in [0.5, 0.6) is 0 Å². The molecule has 0 saturated heterocycles. The van der Waals surface area contributed by atoms with E-state index in [1.807, 2.05) is 30.3 Å². The fourth-order valence-corrected chi connectivity index (χ4v) is 4.05. The largest absolute Gasteiger partial charge is 0.462 e. The highest BCUT2D eigenvalue weighted by molar-refractivity contribution is 5.88. The van der Waals surface area contributed by atoms with Gasteiger partial charge in [0.2, 0.25) is 0 Å². The van der Waals surface area contributed by atoms with Crippen LogP contribution in [0.15, 0.2) is 96.8 Å². The molecule has 214 valence electrons. The molecule has 0 bridgehead atoms. The molecule has 1 aliphatic rings.